The van der Waals surface area contributed by atoms with Gasteiger partial charge in [-0.3, -0.25) is 0 Å². The summed E-state index contributed by atoms with van der Waals surface area (Å²) in [6.07, 6.45) is 75.5. The second-order valence-corrected chi connectivity index (χ2v) is 26.1. The summed E-state index contributed by atoms with van der Waals surface area (Å²) in [7, 11) is 0. The standard InChI is InChI=1S/C78H136N2/c1-7-13-19-22-25-27-29-31-33-35-37-39-41-43-45-47-49-51-54-59-71-63-69(57-16-10-4)65-73(67-71)77-75(61-18-12-6)76(62-56-53-24-21-15-9-3)78(80(77)79)74-66-70(58-17-11-5)64-72(68-74)60-55-52-50-48-46-44-42-40-38-36-34-32-30-28-26-23-20-14-8-2/h63-68H,7-62H2,1-6H3. The van der Waals surface area contributed by atoms with Crippen molar-refractivity contribution in [3.8, 4) is 0 Å². The van der Waals surface area contributed by atoms with Crippen molar-refractivity contribution in [2.24, 2.45) is 0 Å². The molecule has 0 atom stereocenters. The fraction of sp³-hybridized carbons (Fsp3) is 0.795. The number of rotatable bonds is 58. The summed E-state index contributed by atoms with van der Waals surface area (Å²) in [5.74, 6) is 0. The molecule has 0 unspecified atom stereocenters. The Kier molecular flexibility index (Phi) is 45.7. The molecule has 3 rings (SSSR count). The van der Waals surface area contributed by atoms with Crippen LogP contribution < -0.4 is 0 Å². The molecule has 0 N–H and O–H groups in total. The van der Waals surface area contributed by atoms with Crippen molar-refractivity contribution in [3.05, 3.63) is 86.5 Å². The van der Waals surface area contributed by atoms with E-state index in [0.29, 0.717) is 0 Å². The van der Waals surface area contributed by atoms with Crippen LogP contribution in [0.2, 0.25) is 0 Å². The smallest absolute Gasteiger partial charge is 0.211 e. The van der Waals surface area contributed by atoms with E-state index in [2.05, 4.69) is 77.9 Å². The third kappa shape index (κ3) is 33.7. The van der Waals surface area contributed by atoms with Crippen molar-refractivity contribution in [1.82, 2.24) is 0 Å². The van der Waals surface area contributed by atoms with Crippen LogP contribution in [0.1, 0.15) is 409 Å². The quantitative estimate of drug-likeness (QED) is 0.0466. The van der Waals surface area contributed by atoms with Crippen LogP contribution in [0.3, 0.4) is 0 Å². The largest absolute Gasteiger partial charge is 0.493 e. The van der Waals surface area contributed by atoms with Crippen LogP contribution in [-0.4, -0.2) is 4.70 Å². The second-order valence-electron chi connectivity index (χ2n) is 26.1. The lowest BCUT2D eigenvalue weighted by molar-refractivity contribution is -0.345. The molecule has 1 aliphatic rings. The molecule has 2 nitrogen and oxygen atoms in total. The van der Waals surface area contributed by atoms with Crippen LogP contribution in [0.25, 0.3) is 16.9 Å². The Labute approximate surface area is 501 Å². The van der Waals surface area contributed by atoms with E-state index < -0.39 is 0 Å². The van der Waals surface area contributed by atoms with E-state index in [-0.39, 0.29) is 0 Å². The highest BCUT2D eigenvalue weighted by molar-refractivity contribution is 5.82. The van der Waals surface area contributed by atoms with E-state index in [4.69, 9.17) is 0 Å². The van der Waals surface area contributed by atoms with Gasteiger partial charge in [-0.25, -0.2) is 4.70 Å². The van der Waals surface area contributed by atoms with Gasteiger partial charge in [0.2, 0.25) is 11.4 Å². The predicted octanol–water partition coefficient (Wildman–Crippen LogP) is 27.4. The molecule has 0 saturated carbocycles. The Morgan fingerprint density at radius 1 is 0.212 bits per heavy atom. The lowest BCUT2D eigenvalue weighted by atomic mass is 9.89. The monoisotopic (exact) mass is 1100 g/mol. The third-order valence-corrected chi connectivity index (χ3v) is 18.3. The zero-order valence-electron chi connectivity index (χ0n) is 55.0. The van der Waals surface area contributed by atoms with Crippen molar-refractivity contribution in [3.63, 3.8) is 0 Å². The minimum absolute atomic E-state index is 1.03. The van der Waals surface area contributed by atoms with Crippen molar-refractivity contribution >= 4 is 11.4 Å². The number of nitrogens with zero attached hydrogens (tertiary/aromatic N) is 2. The number of hydrogen-bond acceptors (Lipinski definition) is 0. The molecule has 0 fully saturated rings. The van der Waals surface area contributed by atoms with Gasteiger partial charge < -0.3 is 5.53 Å². The van der Waals surface area contributed by atoms with E-state index in [0.717, 1.165) is 56.3 Å². The number of benzene rings is 2. The van der Waals surface area contributed by atoms with Gasteiger partial charge in [0.05, 0.1) is 0 Å². The highest BCUT2D eigenvalue weighted by Gasteiger charge is 2.36. The van der Waals surface area contributed by atoms with Crippen LogP contribution in [0.5, 0.6) is 0 Å². The maximum Gasteiger partial charge on any atom is 0.211 e. The second kappa shape index (κ2) is 51.0. The van der Waals surface area contributed by atoms with Crippen LogP contribution in [-0.2, 0) is 25.7 Å². The molecule has 0 aromatic heterocycles. The maximum absolute atomic E-state index is 13.0. The molecule has 1 aliphatic heterocycles. The van der Waals surface area contributed by atoms with Gasteiger partial charge in [-0.1, -0.05) is 336 Å². The summed E-state index contributed by atoms with van der Waals surface area (Å²) < 4.78 is 1.73. The number of allylic oxidation sites excluding steroid dienone is 2. The van der Waals surface area contributed by atoms with Crippen molar-refractivity contribution in [2.45, 2.75) is 401 Å². The molecule has 80 heavy (non-hydrogen) atoms. The molecule has 2 aromatic rings. The lowest BCUT2D eigenvalue weighted by Gasteiger charge is -2.15. The molecular weight excluding hydrogens is 965 g/mol. The van der Waals surface area contributed by atoms with E-state index in [1.807, 2.05) is 0 Å². The zero-order chi connectivity index (χ0) is 57.2. The first kappa shape index (κ1) is 71.8. The Morgan fingerprint density at radius 2 is 0.388 bits per heavy atom. The maximum atomic E-state index is 13.0. The SMILES string of the molecule is CCCCCCCCCCCCCCCCCCCCCc1cc(CCCC)cc(C2=C(CCCC)C(CCCCCCCC)=C(c3cc(CCCC)cc(CCCCCCCCCCCCCCCCCCCCC)c3)[N+]2=[N-])c1. The normalized spacial score (nSPS) is 12.8. The summed E-state index contributed by atoms with van der Waals surface area (Å²) >= 11 is 0. The Morgan fingerprint density at radius 3 is 0.625 bits per heavy atom. The van der Waals surface area contributed by atoms with Crippen LogP contribution >= 0.6 is 0 Å². The predicted molar refractivity (Wildman–Crippen MR) is 359 cm³/mol. The molecule has 0 radical (unpaired) electrons. The van der Waals surface area contributed by atoms with Gasteiger partial charge in [0, 0.05) is 22.3 Å². The molecule has 2 heteroatoms. The summed E-state index contributed by atoms with van der Waals surface area (Å²) in [5.41, 5.74) is 26.5. The average molecular weight is 1100 g/mol. The molecule has 0 saturated heterocycles. The molecule has 0 spiro atoms. The van der Waals surface area contributed by atoms with Gasteiger partial charge in [0.1, 0.15) is 0 Å². The Bertz CT molecular complexity index is 1840. The highest BCUT2D eigenvalue weighted by atomic mass is 15.2. The molecule has 2 aromatic carbocycles. The van der Waals surface area contributed by atoms with Crippen LogP contribution in [0.15, 0.2) is 47.5 Å². The van der Waals surface area contributed by atoms with Gasteiger partial charge >= 0.3 is 0 Å². The topological polar surface area (TPSA) is 25.3 Å². The highest BCUT2D eigenvalue weighted by Crippen LogP contribution is 2.45. The van der Waals surface area contributed by atoms with E-state index >= 15 is 0 Å². The minimum Gasteiger partial charge on any atom is -0.493 e. The fourth-order valence-electron chi connectivity index (χ4n) is 13.2. The Hall–Kier alpha value is -2.48. The molecule has 458 valence electrons. The summed E-state index contributed by atoms with van der Waals surface area (Å²) in [4.78, 5) is 0. The molecule has 0 bridgehead atoms. The van der Waals surface area contributed by atoms with Crippen LogP contribution in [0.4, 0.5) is 0 Å². The number of unbranched alkanes of at least 4 members (excludes halogenated alkanes) is 44. The lowest BCUT2D eigenvalue weighted by Crippen LogP contribution is -2.05. The van der Waals surface area contributed by atoms with E-state index in [1.54, 1.807) is 4.70 Å². The van der Waals surface area contributed by atoms with Gasteiger partial charge in [0.25, 0.3) is 0 Å². The van der Waals surface area contributed by atoms with E-state index in [1.165, 1.54) is 359 Å². The van der Waals surface area contributed by atoms with Gasteiger partial charge in [-0.15, -0.1) is 0 Å². The third-order valence-electron chi connectivity index (χ3n) is 18.3. The number of hydrogen-bond donors (Lipinski definition) is 0. The van der Waals surface area contributed by atoms with Gasteiger partial charge in [-0.05, 0) is 124 Å². The first-order valence-electron chi connectivity index (χ1n) is 36.7. The van der Waals surface area contributed by atoms with Crippen molar-refractivity contribution in [1.29, 1.82) is 0 Å². The van der Waals surface area contributed by atoms with Crippen LogP contribution in [0, 0.1) is 0 Å². The van der Waals surface area contributed by atoms with E-state index in [9.17, 15) is 5.53 Å². The first-order chi connectivity index (χ1) is 39.5. The molecular formula is C78H136N2. The molecule has 0 aliphatic carbocycles. The summed E-state index contributed by atoms with van der Waals surface area (Å²) in [5, 5.41) is 0. The fourth-order valence-corrected chi connectivity index (χ4v) is 13.2. The van der Waals surface area contributed by atoms with Gasteiger partial charge in [-0.2, -0.15) is 0 Å². The molecule has 1 heterocycles. The zero-order valence-corrected chi connectivity index (χ0v) is 55.0. The van der Waals surface area contributed by atoms with Crippen molar-refractivity contribution < 1.29 is 4.70 Å². The summed E-state index contributed by atoms with van der Waals surface area (Å²) in [6.45, 7) is 14.0. The number of aryl methyl sites for hydroxylation is 4. The Balaban J connectivity index is 1.64. The summed E-state index contributed by atoms with van der Waals surface area (Å²) in [6, 6.07) is 15.0. The van der Waals surface area contributed by atoms with Crippen molar-refractivity contribution in [2.75, 3.05) is 0 Å². The minimum atomic E-state index is 1.03. The first-order valence-corrected chi connectivity index (χ1v) is 36.7. The van der Waals surface area contributed by atoms with Gasteiger partial charge in [0.15, 0.2) is 0 Å². The average Bonchev–Trinajstić information content (AvgIpc) is 3.76. The molecule has 0 amide bonds.